The van der Waals surface area contributed by atoms with Crippen molar-refractivity contribution in [2.24, 2.45) is 11.8 Å². The van der Waals surface area contributed by atoms with Crippen LogP contribution in [0.2, 0.25) is 0 Å². The predicted molar refractivity (Wildman–Crippen MR) is 82.4 cm³/mol. The van der Waals surface area contributed by atoms with Crippen LogP contribution in [0.3, 0.4) is 0 Å². The van der Waals surface area contributed by atoms with Crippen LogP contribution in [0.25, 0.3) is 0 Å². The van der Waals surface area contributed by atoms with Gasteiger partial charge in [-0.1, -0.05) is 27.7 Å². The topological polar surface area (TPSA) is 70.2 Å². The number of amides is 2. The van der Waals surface area contributed by atoms with Crippen LogP contribution in [0.1, 0.15) is 48.0 Å². The van der Waals surface area contributed by atoms with Gasteiger partial charge in [-0.3, -0.25) is 14.9 Å². The van der Waals surface area contributed by atoms with Gasteiger partial charge in [-0.2, -0.15) is 0 Å². The second-order valence-electron chi connectivity index (χ2n) is 6.22. The molecular formula is C15H31N3O2. The van der Waals surface area contributed by atoms with Crippen LogP contribution in [0.15, 0.2) is 0 Å². The standard InChI is InChI=1S/C15H31N3O2/c1-10(2)7-8-16-14(19)12(5)18-13(6)15(20)17-9-11(3)4/h10-13,18H,7-9H2,1-6H3,(H,16,19)(H,17,20). The maximum atomic E-state index is 11.8. The maximum Gasteiger partial charge on any atom is 0.236 e. The summed E-state index contributed by atoms with van der Waals surface area (Å²) < 4.78 is 0. The lowest BCUT2D eigenvalue weighted by atomic mass is 10.1. The third-order valence-electron chi connectivity index (χ3n) is 2.99. The summed E-state index contributed by atoms with van der Waals surface area (Å²) in [6.07, 6.45) is 0.961. The van der Waals surface area contributed by atoms with Crippen molar-refractivity contribution >= 4 is 11.8 Å². The highest BCUT2D eigenvalue weighted by Gasteiger charge is 2.19. The van der Waals surface area contributed by atoms with Crippen molar-refractivity contribution in [3.8, 4) is 0 Å². The molecule has 0 aromatic carbocycles. The van der Waals surface area contributed by atoms with Gasteiger partial charge in [0.25, 0.3) is 0 Å². The van der Waals surface area contributed by atoms with E-state index >= 15 is 0 Å². The smallest absolute Gasteiger partial charge is 0.236 e. The Balaban J connectivity index is 4.01. The summed E-state index contributed by atoms with van der Waals surface area (Å²) in [4.78, 5) is 23.6. The molecule has 0 aliphatic carbocycles. The summed E-state index contributed by atoms with van der Waals surface area (Å²) in [5.41, 5.74) is 0. The van der Waals surface area contributed by atoms with Crippen molar-refractivity contribution < 1.29 is 9.59 Å². The van der Waals surface area contributed by atoms with Crippen LogP contribution in [0, 0.1) is 11.8 Å². The van der Waals surface area contributed by atoms with Crippen molar-refractivity contribution in [3.63, 3.8) is 0 Å². The summed E-state index contributed by atoms with van der Waals surface area (Å²) in [6, 6.07) is -0.749. The minimum absolute atomic E-state index is 0.0610. The maximum absolute atomic E-state index is 11.8. The molecule has 118 valence electrons. The molecule has 0 saturated heterocycles. The van der Waals surface area contributed by atoms with Crippen molar-refractivity contribution in [2.75, 3.05) is 13.1 Å². The molecule has 20 heavy (non-hydrogen) atoms. The third kappa shape index (κ3) is 8.91. The van der Waals surface area contributed by atoms with Crippen molar-refractivity contribution in [3.05, 3.63) is 0 Å². The number of rotatable bonds is 9. The molecule has 5 heteroatoms. The molecule has 0 aliphatic rings. The molecule has 0 saturated carbocycles. The Labute approximate surface area is 123 Å². The molecule has 5 nitrogen and oxygen atoms in total. The number of nitrogens with one attached hydrogen (secondary N) is 3. The van der Waals surface area contributed by atoms with E-state index in [0.717, 1.165) is 6.42 Å². The van der Waals surface area contributed by atoms with Gasteiger partial charge in [0.05, 0.1) is 12.1 Å². The van der Waals surface area contributed by atoms with Crippen LogP contribution >= 0.6 is 0 Å². The van der Waals surface area contributed by atoms with Gasteiger partial charge in [0.1, 0.15) is 0 Å². The molecule has 0 bridgehead atoms. The minimum atomic E-state index is -0.375. The highest BCUT2D eigenvalue weighted by atomic mass is 16.2. The van der Waals surface area contributed by atoms with Gasteiger partial charge >= 0.3 is 0 Å². The third-order valence-corrected chi connectivity index (χ3v) is 2.99. The molecule has 0 rings (SSSR count). The Bertz CT molecular complexity index is 303. The zero-order chi connectivity index (χ0) is 15.7. The molecule has 0 aliphatic heterocycles. The first kappa shape index (κ1) is 18.9. The van der Waals surface area contributed by atoms with Gasteiger partial charge in [0.15, 0.2) is 0 Å². The van der Waals surface area contributed by atoms with E-state index in [2.05, 4.69) is 29.8 Å². The van der Waals surface area contributed by atoms with Gasteiger partial charge in [-0.05, 0) is 32.1 Å². The summed E-state index contributed by atoms with van der Waals surface area (Å²) in [6.45, 7) is 13.2. The van der Waals surface area contributed by atoms with Crippen LogP contribution in [0.4, 0.5) is 0 Å². The summed E-state index contributed by atoms with van der Waals surface area (Å²) in [5.74, 6) is 0.858. The van der Waals surface area contributed by atoms with Crippen LogP contribution in [0.5, 0.6) is 0 Å². The molecule has 0 heterocycles. The lowest BCUT2D eigenvalue weighted by molar-refractivity contribution is -0.125. The quantitative estimate of drug-likeness (QED) is 0.598. The molecule has 0 fully saturated rings. The second kappa shape index (κ2) is 9.75. The second-order valence-corrected chi connectivity index (χ2v) is 6.22. The van der Waals surface area contributed by atoms with Gasteiger partial charge in [0, 0.05) is 13.1 Å². The van der Waals surface area contributed by atoms with Gasteiger partial charge in [-0.25, -0.2) is 0 Å². The monoisotopic (exact) mass is 285 g/mol. The molecule has 2 unspecified atom stereocenters. The van der Waals surface area contributed by atoms with E-state index in [1.54, 1.807) is 13.8 Å². The van der Waals surface area contributed by atoms with Crippen molar-refractivity contribution in [1.82, 2.24) is 16.0 Å². The first-order chi connectivity index (χ1) is 9.23. The molecule has 0 aromatic rings. The normalized spacial score (nSPS) is 14.2. The molecule has 0 spiro atoms. The predicted octanol–water partition coefficient (Wildman–Crippen LogP) is 1.29. The first-order valence-electron chi connectivity index (χ1n) is 7.55. The average Bonchev–Trinajstić information content (AvgIpc) is 2.34. The van der Waals surface area contributed by atoms with E-state index in [4.69, 9.17) is 0 Å². The molecule has 0 radical (unpaired) electrons. The fourth-order valence-corrected chi connectivity index (χ4v) is 1.62. The zero-order valence-electron chi connectivity index (χ0n) is 13.7. The van der Waals surface area contributed by atoms with Crippen LogP contribution in [-0.4, -0.2) is 37.0 Å². The van der Waals surface area contributed by atoms with E-state index < -0.39 is 0 Å². The number of carbonyl (C=O) groups is 2. The fraction of sp³-hybridized carbons (Fsp3) is 0.867. The zero-order valence-corrected chi connectivity index (χ0v) is 13.7. The highest BCUT2D eigenvalue weighted by molar-refractivity contribution is 5.84. The summed E-state index contributed by atoms with van der Waals surface area (Å²) in [7, 11) is 0. The van der Waals surface area contributed by atoms with Crippen LogP contribution < -0.4 is 16.0 Å². The molecule has 3 N–H and O–H groups in total. The van der Waals surface area contributed by atoms with Gasteiger partial charge in [-0.15, -0.1) is 0 Å². The lowest BCUT2D eigenvalue weighted by Crippen LogP contribution is -2.51. The highest BCUT2D eigenvalue weighted by Crippen LogP contribution is 1.97. The first-order valence-corrected chi connectivity index (χ1v) is 7.55. The van der Waals surface area contributed by atoms with Crippen LogP contribution in [-0.2, 0) is 9.59 Å². The molecule has 2 amide bonds. The molecular weight excluding hydrogens is 254 g/mol. The van der Waals surface area contributed by atoms with Crippen molar-refractivity contribution in [1.29, 1.82) is 0 Å². The largest absolute Gasteiger partial charge is 0.355 e. The lowest BCUT2D eigenvalue weighted by Gasteiger charge is -2.20. The van der Waals surface area contributed by atoms with E-state index in [0.29, 0.717) is 24.9 Å². The Morgan fingerprint density at radius 3 is 1.75 bits per heavy atom. The average molecular weight is 285 g/mol. The van der Waals surface area contributed by atoms with E-state index in [1.165, 1.54) is 0 Å². The van der Waals surface area contributed by atoms with E-state index in [9.17, 15) is 9.59 Å². The SMILES string of the molecule is CC(C)CCNC(=O)C(C)NC(C)C(=O)NCC(C)C. The Morgan fingerprint density at radius 2 is 1.30 bits per heavy atom. The number of hydrogen-bond acceptors (Lipinski definition) is 3. The number of hydrogen-bond donors (Lipinski definition) is 3. The Hall–Kier alpha value is -1.10. The van der Waals surface area contributed by atoms with E-state index in [1.807, 2.05) is 13.8 Å². The van der Waals surface area contributed by atoms with Gasteiger partial charge in [0.2, 0.25) is 11.8 Å². The Morgan fingerprint density at radius 1 is 0.800 bits per heavy atom. The van der Waals surface area contributed by atoms with Crippen molar-refractivity contribution in [2.45, 2.75) is 60.0 Å². The molecule has 0 aromatic heterocycles. The summed E-state index contributed by atoms with van der Waals surface area (Å²) >= 11 is 0. The minimum Gasteiger partial charge on any atom is -0.355 e. The summed E-state index contributed by atoms with van der Waals surface area (Å²) in [5, 5.41) is 8.74. The molecule has 2 atom stereocenters. The Kier molecular flexibility index (Phi) is 9.21. The van der Waals surface area contributed by atoms with Gasteiger partial charge < -0.3 is 10.6 Å². The number of carbonyl (C=O) groups excluding carboxylic acids is 2. The van der Waals surface area contributed by atoms with E-state index in [-0.39, 0.29) is 23.9 Å². The fourth-order valence-electron chi connectivity index (χ4n) is 1.62.